The normalized spacial score (nSPS) is 14.3. The molecule has 0 spiro atoms. The number of unbranched alkanes of at least 4 members (excludes halogenated alkanes) is 32. The Morgan fingerprint density at radius 3 is 0.861 bits per heavy atom. The number of hydrogen-bond donors (Lipinski definition) is 3. The third-order valence-corrected chi connectivity index (χ3v) is 15.7. The molecule has 0 radical (unpaired) electrons. The Balaban J connectivity index is 5.09. The van der Waals surface area contributed by atoms with Crippen LogP contribution in [0.2, 0.25) is 0 Å². The standard InChI is InChI=1S/C60H116O17P2/c1-6-9-12-15-17-18-19-20-21-22-23-24-25-26-27-29-36-41-46-60(65)77-56(50-71-58(63)44-39-34-31-30-33-37-42-53(4)5)52-75-79(68,69)73-48-54(61)47-72-78(66,67)74-51-55(49-70-57(62)43-38-32-14-11-8-3)76-59(64)45-40-35-28-16-13-10-7-2/h53-56,61H,6-52H2,1-5H3,(H,66,67)(H,68,69)/t54-,55+,56+/m0/s1. The number of rotatable bonds is 60. The fourth-order valence-corrected chi connectivity index (χ4v) is 10.5. The number of carbonyl (C=O) groups excluding carboxylic acids is 4. The average Bonchev–Trinajstić information content (AvgIpc) is 3.41. The zero-order valence-electron chi connectivity index (χ0n) is 50.5. The fraction of sp³-hybridized carbons (Fsp3) is 0.933. The molecule has 0 aromatic heterocycles. The molecule has 0 aliphatic carbocycles. The fourth-order valence-electron chi connectivity index (χ4n) is 8.88. The predicted molar refractivity (Wildman–Crippen MR) is 312 cm³/mol. The van der Waals surface area contributed by atoms with Gasteiger partial charge in [0.15, 0.2) is 12.2 Å². The van der Waals surface area contributed by atoms with E-state index in [-0.39, 0.29) is 25.7 Å². The van der Waals surface area contributed by atoms with Crippen LogP contribution in [0.15, 0.2) is 0 Å². The van der Waals surface area contributed by atoms with Crippen molar-refractivity contribution < 1.29 is 80.2 Å². The molecule has 0 rings (SSSR count). The van der Waals surface area contributed by atoms with E-state index in [9.17, 15) is 43.2 Å². The van der Waals surface area contributed by atoms with Crippen LogP contribution < -0.4 is 0 Å². The number of esters is 4. The highest BCUT2D eigenvalue weighted by Gasteiger charge is 2.30. The first-order valence-electron chi connectivity index (χ1n) is 31.6. The number of aliphatic hydroxyl groups is 1. The van der Waals surface area contributed by atoms with E-state index in [2.05, 4.69) is 34.6 Å². The van der Waals surface area contributed by atoms with Crippen molar-refractivity contribution in [2.24, 2.45) is 5.92 Å². The van der Waals surface area contributed by atoms with Crippen LogP contribution >= 0.6 is 15.6 Å². The largest absolute Gasteiger partial charge is 0.472 e. The number of aliphatic hydroxyl groups excluding tert-OH is 1. The molecule has 0 saturated heterocycles. The lowest BCUT2D eigenvalue weighted by molar-refractivity contribution is -0.161. The Bertz CT molecular complexity index is 1550. The van der Waals surface area contributed by atoms with Crippen LogP contribution in [0.1, 0.15) is 298 Å². The van der Waals surface area contributed by atoms with Crippen molar-refractivity contribution in [2.75, 3.05) is 39.6 Å². The molecule has 0 amide bonds. The Hall–Kier alpha value is -1.94. The zero-order valence-corrected chi connectivity index (χ0v) is 52.3. The summed E-state index contributed by atoms with van der Waals surface area (Å²) < 4.78 is 67.5. The SMILES string of the molecule is CCCCCCCCCCCCCCCCCCCCC(=O)O[C@H](COC(=O)CCCCCCCCC(C)C)COP(=O)(O)OC[C@@H](O)COP(=O)(O)OC[C@@H](COC(=O)CCCCCCC)OC(=O)CCCCCCCCC. The van der Waals surface area contributed by atoms with E-state index in [1.165, 1.54) is 96.3 Å². The molecular formula is C60H116O17P2. The van der Waals surface area contributed by atoms with E-state index in [0.29, 0.717) is 31.6 Å². The number of hydrogen-bond acceptors (Lipinski definition) is 15. The predicted octanol–water partition coefficient (Wildman–Crippen LogP) is 16.2. The molecule has 0 aromatic carbocycles. The first kappa shape index (κ1) is 77.1. The van der Waals surface area contributed by atoms with Gasteiger partial charge in [-0.05, 0) is 31.6 Å². The summed E-state index contributed by atoms with van der Waals surface area (Å²) in [5, 5.41) is 10.5. The minimum atomic E-state index is -4.94. The molecule has 0 fully saturated rings. The molecule has 0 bridgehead atoms. The van der Waals surface area contributed by atoms with E-state index in [0.717, 1.165) is 116 Å². The van der Waals surface area contributed by atoms with Crippen molar-refractivity contribution in [1.82, 2.24) is 0 Å². The van der Waals surface area contributed by atoms with E-state index in [1.807, 2.05) is 0 Å². The van der Waals surface area contributed by atoms with Crippen LogP contribution in [0.5, 0.6) is 0 Å². The van der Waals surface area contributed by atoms with Crippen LogP contribution in [0, 0.1) is 5.92 Å². The maximum Gasteiger partial charge on any atom is 0.472 e. The van der Waals surface area contributed by atoms with Crippen LogP contribution in [-0.2, 0) is 65.4 Å². The molecular weight excluding hydrogens is 1050 g/mol. The molecule has 0 aliphatic heterocycles. The Morgan fingerprint density at radius 1 is 0.342 bits per heavy atom. The summed E-state index contributed by atoms with van der Waals surface area (Å²) in [7, 11) is -9.86. The number of carbonyl (C=O) groups is 4. The molecule has 5 atom stereocenters. The molecule has 0 aromatic rings. The van der Waals surface area contributed by atoms with E-state index in [4.69, 9.17) is 37.0 Å². The molecule has 2 unspecified atom stereocenters. The van der Waals surface area contributed by atoms with Gasteiger partial charge in [0.1, 0.15) is 19.3 Å². The van der Waals surface area contributed by atoms with Gasteiger partial charge in [0.2, 0.25) is 0 Å². The summed E-state index contributed by atoms with van der Waals surface area (Å²) in [5.74, 6) is -1.48. The summed E-state index contributed by atoms with van der Waals surface area (Å²) in [4.78, 5) is 71.6. The van der Waals surface area contributed by atoms with E-state index >= 15 is 0 Å². The minimum Gasteiger partial charge on any atom is -0.462 e. The first-order chi connectivity index (χ1) is 38.0. The molecule has 0 heterocycles. The van der Waals surface area contributed by atoms with Gasteiger partial charge in [-0.25, -0.2) is 9.13 Å². The van der Waals surface area contributed by atoms with Gasteiger partial charge < -0.3 is 33.8 Å². The molecule has 17 nitrogen and oxygen atoms in total. The van der Waals surface area contributed by atoms with Crippen molar-refractivity contribution in [3.8, 4) is 0 Å². The lowest BCUT2D eigenvalue weighted by Gasteiger charge is -2.21. The molecule has 468 valence electrons. The van der Waals surface area contributed by atoms with Crippen LogP contribution in [0.4, 0.5) is 0 Å². The molecule has 0 aliphatic rings. The van der Waals surface area contributed by atoms with Gasteiger partial charge in [-0.1, -0.05) is 247 Å². The second-order valence-corrected chi connectivity index (χ2v) is 25.1. The van der Waals surface area contributed by atoms with Gasteiger partial charge in [-0.3, -0.25) is 37.3 Å². The summed E-state index contributed by atoms with van der Waals surface area (Å²) in [5.41, 5.74) is 0. The van der Waals surface area contributed by atoms with Gasteiger partial charge >= 0.3 is 39.5 Å². The summed E-state index contributed by atoms with van der Waals surface area (Å²) >= 11 is 0. The minimum absolute atomic E-state index is 0.103. The van der Waals surface area contributed by atoms with Crippen LogP contribution in [-0.4, -0.2) is 96.7 Å². The van der Waals surface area contributed by atoms with Crippen molar-refractivity contribution in [1.29, 1.82) is 0 Å². The lowest BCUT2D eigenvalue weighted by atomic mass is 10.0. The number of phosphoric acid groups is 2. The quantitative estimate of drug-likeness (QED) is 0.0222. The molecule has 19 heteroatoms. The maximum atomic E-state index is 12.9. The lowest BCUT2D eigenvalue weighted by Crippen LogP contribution is -2.30. The first-order valence-corrected chi connectivity index (χ1v) is 34.6. The summed E-state index contributed by atoms with van der Waals surface area (Å²) in [6, 6.07) is 0. The Kier molecular flexibility index (Phi) is 52.7. The Morgan fingerprint density at radius 2 is 0.582 bits per heavy atom. The maximum absolute atomic E-state index is 12.9. The van der Waals surface area contributed by atoms with Crippen molar-refractivity contribution in [3.63, 3.8) is 0 Å². The second kappa shape index (κ2) is 54.0. The van der Waals surface area contributed by atoms with Crippen molar-refractivity contribution >= 4 is 39.5 Å². The number of ether oxygens (including phenoxy) is 4. The average molecular weight is 1170 g/mol. The monoisotopic (exact) mass is 1170 g/mol. The van der Waals surface area contributed by atoms with Gasteiger partial charge in [0.05, 0.1) is 26.4 Å². The van der Waals surface area contributed by atoms with Gasteiger partial charge in [-0.2, -0.15) is 0 Å². The van der Waals surface area contributed by atoms with E-state index < -0.39 is 97.5 Å². The van der Waals surface area contributed by atoms with Crippen molar-refractivity contribution in [3.05, 3.63) is 0 Å². The van der Waals surface area contributed by atoms with Gasteiger partial charge in [0.25, 0.3) is 0 Å². The summed E-state index contributed by atoms with van der Waals surface area (Å²) in [6.45, 7) is 6.95. The van der Waals surface area contributed by atoms with Gasteiger partial charge in [0, 0.05) is 25.7 Å². The Labute approximate surface area is 479 Å². The topological polar surface area (TPSA) is 237 Å². The van der Waals surface area contributed by atoms with Gasteiger partial charge in [-0.15, -0.1) is 0 Å². The third-order valence-electron chi connectivity index (χ3n) is 13.8. The highest BCUT2D eigenvalue weighted by atomic mass is 31.2. The van der Waals surface area contributed by atoms with Crippen LogP contribution in [0.3, 0.4) is 0 Å². The molecule has 3 N–H and O–H groups in total. The third kappa shape index (κ3) is 55.0. The highest BCUT2D eigenvalue weighted by molar-refractivity contribution is 7.47. The zero-order chi connectivity index (χ0) is 58.5. The van der Waals surface area contributed by atoms with Crippen LogP contribution in [0.25, 0.3) is 0 Å². The molecule has 79 heavy (non-hydrogen) atoms. The van der Waals surface area contributed by atoms with E-state index in [1.54, 1.807) is 0 Å². The smallest absolute Gasteiger partial charge is 0.462 e. The number of phosphoric ester groups is 2. The van der Waals surface area contributed by atoms with Crippen molar-refractivity contribution in [2.45, 2.75) is 316 Å². The highest BCUT2D eigenvalue weighted by Crippen LogP contribution is 2.45. The summed E-state index contributed by atoms with van der Waals surface area (Å²) in [6.07, 6.45) is 37.0. The molecule has 0 saturated carbocycles. The second-order valence-electron chi connectivity index (χ2n) is 22.2.